The lowest BCUT2D eigenvalue weighted by Gasteiger charge is -2.69. The number of quaternary nitrogens is 1. The van der Waals surface area contributed by atoms with Crippen molar-refractivity contribution in [2.75, 3.05) is 13.1 Å². The molecule has 3 heterocycles. The molecule has 5 rings (SSSR count). The van der Waals surface area contributed by atoms with Crippen LogP contribution in [0.2, 0.25) is 0 Å². The maximum atomic E-state index is 13.6. The summed E-state index contributed by atoms with van der Waals surface area (Å²) in [7, 11) is 0. The van der Waals surface area contributed by atoms with E-state index in [0.29, 0.717) is 25.9 Å². The van der Waals surface area contributed by atoms with Crippen LogP contribution in [0.1, 0.15) is 32.6 Å². The number of nitrogens with zero attached hydrogens (tertiary/aromatic N) is 1. The summed E-state index contributed by atoms with van der Waals surface area (Å²) in [6.45, 7) is 2.87. The summed E-state index contributed by atoms with van der Waals surface area (Å²) >= 11 is 0. The number of carbonyl (C=O) groups is 1. The molecule has 0 amide bonds. The standard InChI is InChI=1S/C16H21NO4/c1-14-9-15-10-4-2-6-17(15,20)7-3-5-16(15,19)12(14)8-11(10)21-13(14)18/h3,5,10-12,19H,2,4,6-9H2,1H3/t10-,11-,12-,14+,15+,16+,17?/m1/s1. The molecule has 114 valence electrons. The predicted molar refractivity (Wildman–Crippen MR) is 73.6 cm³/mol. The van der Waals surface area contributed by atoms with Gasteiger partial charge < -0.3 is 19.7 Å². The van der Waals surface area contributed by atoms with Crippen LogP contribution in [-0.2, 0) is 9.53 Å². The highest BCUT2D eigenvalue weighted by molar-refractivity contribution is 5.80. The first kappa shape index (κ1) is 12.6. The van der Waals surface area contributed by atoms with Crippen LogP contribution in [-0.4, -0.2) is 46.1 Å². The number of ether oxygens (including phenoxy) is 1. The lowest BCUT2D eigenvalue weighted by Crippen LogP contribution is -2.80. The van der Waals surface area contributed by atoms with Gasteiger partial charge in [0.2, 0.25) is 0 Å². The molecule has 0 aromatic rings. The highest BCUT2D eigenvalue weighted by Crippen LogP contribution is 2.72. The lowest BCUT2D eigenvalue weighted by atomic mass is 9.56. The molecule has 0 aromatic heterocycles. The highest BCUT2D eigenvalue weighted by atomic mass is 16.6. The smallest absolute Gasteiger partial charge is 0.312 e. The normalized spacial score (nSPS) is 63.4. The minimum atomic E-state index is -1.14. The molecule has 21 heavy (non-hydrogen) atoms. The summed E-state index contributed by atoms with van der Waals surface area (Å²) in [5.74, 6) is -0.368. The van der Waals surface area contributed by atoms with Gasteiger partial charge in [0.1, 0.15) is 17.2 Å². The van der Waals surface area contributed by atoms with E-state index in [0.717, 1.165) is 12.8 Å². The Morgan fingerprint density at radius 1 is 1.52 bits per heavy atom. The third-order valence-electron chi connectivity index (χ3n) is 7.42. The van der Waals surface area contributed by atoms with Gasteiger partial charge in [-0.2, -0.15) is 0 Å². The van der Waals surface area contributed by atoms with Gasteiger partial charge in [-0.3, -0.25) is 4.79 Å². The third kappa shape index (κ3) is 1.02. The average molecular weight is 291 g/mol. The molecule has 0 aromatic carbocycles. The van der Waals surface area contributed by atoms with E-state index in [4.69, 9.17) is 4.74 Å². The van der Waals surface area contributed by atoms with Crippen LogP contribution >= 0.6 is 0 Å². The average Bonchev–Trinajstić information content (AvgIpc) is 2.51. The largest absolute Gasteiger partial charge is 0.632 e. The number of esters is 1. The summed E-state index contributed by atoms with van der Waals surface area (Å²) in [6, 6.07) is 0. The highest BCUT2D eigenvalue weighted by Gasteiger charge is 2.84. The third-order valence-corrected chi connectivity index (χ3v) is 7.42. The fraction of sp³-hybridized carbons (Fsp3) is 0.812. The zero-order valence-corrected chi connectivity index (χ0v) is 12.2. The first-order valence-corrected chi connectivity index (χ1v) is 8.07. The fourth-order valence-corrected chi connectivity index (χ4v) is 6.68. The SMILES string of the molecule is C[C@]12C[C@@]34[C@@H]5CCC[N+]3([O-])CC=C[C@]4(O)[C@@H]1C[C@H]5OC2=O. The van der Waals surface area contributed by atoms with Crippen LogP contribution in [0.25, 0.3) is 0 Å². The lowest BCUT2D eigenvalue weighted by molar-refractivity contribution is -0.948. The molecular formula is C16H21NO4. The predicted octanol–water partition coefficient (Wildman–Crippen LogP) is 1.11. The molecule has 7 atom stereocenters. The van der Waals surface area contributed by atoms with Crippen LogP contribution < -0.4 is 0 Å². The van der Waals surface area contributed by atoms with Crippen molar-refractivity contribution < 1.29 is 19.3 Å². The topological polar surface area (TPSA) is 69.6 Å². The molecule has 5 aliphatic rings. The minimum absolute atomic E-state index is 0.00299. The van der Waals surface area contributed by atoms with Gasteiger partial charge in [-0.05, 0) is 38.3 Å². The van der Waals surface area contributed by atoms with Crippen molar-refractivity contribution in [1.82, 2.24) is 0 Å². The van der Waals surface area contributed by atoms with Crippen molar-refractivity contribution >= 4 is 5.97 Å². The molecule has 3 bridgehead atoms. The first-order valence-electron chi connectivity index (χ1n) is 8.07. The van der Waals surface area contributed by atoms with E-state index in [1.165, 1.54) is 0 Å². The molecule has 2 aliphatic carbocycles. The minimum Gasteiger partial charge on any atom is -0.632 e. The van der Waals surface area contributed by atoms with Crippen molar-refractivity contribution in [3.8, 4) is 0 Å². The van der Waals surface area contributed by atoms with Gasteiger partial charge in [-0.15, -0.1) is 0 Å². The van der Waals surface area contributed by atoms with Crippen molar-refractivity contribution in [2.24, 2.45) is 17.3 Å². The van der Waals surface area contributed by atoms with Crippen molar-refractivity contribution in [1.29, 1.82) is 0 Å². The Labute approximate surface area is 123 Å². The van der Waals surface area contributed by atoms with Crippen LogP contribution in [0.4, 0.5) is 0 Å². The van der Waals surface area contributed by atoms with Gasteiger partial charge >= 0.3 is 5.97 Å². The maximum Gasteiger partial charge on any atom is 0.312 e. The number of carbonyl (C=O) groups excluding carboxylic acids is 1. The Kier molecular flexibility index (Phi) is 1.93. The molecule has 0 radical (unpaired) electrons. The number of aliphatic hydroxyl groups is 1. The van der Waals surface area contributed by atoms with E-state index < -0.39 is 16.6 Å². The molecule has 5 heteroatoms. The first-order chi connectivity index (χ1) is 9.87. The summed E-state index contributed by atoms with van der Waals surface area (Å²) in [5, 5.41) is 25.2. The van der Waals surface area contributed by atoms with Gasteiger partial charge in [-0.25, -0.2) is 0 Å². The summed E-state index contributed by atoms with van der Waals surface area (Å²) in [6.07, 6.45) is 6.46. The Balaban J connectivity index is 1.85. The molecule has 2 saturated heterocycles. The maximum absolute atomic E-state index is 13.6. The van der Waals surface area contributed by atoms with Crippen LogP contribution in [0.15, 0.2) is 12.2 Å². The quantitative estimate of drug-likeness (QED) is 0.314. The van der Waals surface area contributed by atoms with Gasteiger partial charge in [0.05, 0.1) is 24.4 Å². The summed E-state index contributed by atoms with van der Waals surface area (Å²) in [5.41, 5.74) is -2.61. The monoisotopic (exact) mass is 291 g/mol. The number of hydroxylamine groups is 3. The van der Waals surface area contributed by atoms with E-state index in [-0.39, 0.29) is 28.6 Å². The van der Waals surface area contributed by atoms with Crippen molar-refractivity contribution in [3.05, 3.63) is 17.4 Å². The van der Waals surface area contributed by atoms with Gasteiger partial charge in [0.15, 0.2) is 0 Å². The van der Waals surface area contributed by atoms with Gasteiger partial charge in [0.25, 0.3) is 0 Å². The molecule has 3 aliphatic heterocycles. The van der Waals surface area contributed by atoms with Crippen LogP contribution in [0.5, 0.6) is 0 Å². The van der Waals surface area contributed by atoms with Gasteiger partial charge in [-0.1, -0.05) is 0 Å². The molecule has 5 nitrogen and oxygen atoms in total. The second kappa shape index (κ2) is 3.21. The van der Waals surface area contributed by atoms with E-state index in [9.17, 15) is 15.1 Å². The van der Waals surface area contributed by atoms with Gasteiger partial charge in [0, 0.05) is 12.3 Å². The molecule has 1 N–H and O–H groups in total. The summed E-state index contributed by atoms with van der Waals surface area (Å²) < 4.78 is 5.35. The van der Waals surface area contributed by atoms with E-state index in [1.807, 2.05) is 19.1 Å². The zero-order chi connectivity index (χ0) is 14.7. The van der Waals surface area contributed by atoms with Crippen molar-refractivity contribution in [3.63, 3.8) is 0 Å². The Morgan fingerprint density at radius 2 is 2.33 bits per heavy atom. The number of fused-ring (bicyclic) bond motifs is 2. The summed E-state index contributed by atoms with van der Waals surface area (Å²) in [4.78, 5) is 12.5. The van der Waals surface area contributed by atoms with E-state index >= 15 is 0 Å². The second-order valence-electron chi connectivity index (χ2n) is 8.02. The van der Waals surface area contributed by atoms with Crippen molar-refractivity contribution in [2.45, 2.75) is 49.9 Å². The van der Waals surface area contributed by atoms with Crippen LogP contribution in [0, 0.1) is 22.5 Å². The van der Waals surface area contributed by atoms with E-state index in [2.05, 4.69) is 0 Å². The molecule has 2 saturated carbocycles. The molecular weight excluding hydrogens is 270 g/mol. The number of rotatable bonds is 0. The Hall–Kier alpha value is -0.910. The molecule has 1 spiro atoms. The Morgan fingerprint density at radius 3 is 3.14 bits per heavy atom. The fourth-order valence-electron chi connectivity index (χ4n) is 6.68. The number of hydrogen-bond acceptors (Lipinski definition) is 4. The Bertz CT molecular complexity index is 591. The van der Waals surface area contributed by atoms with E-state index in [1.54, 1.807) is 0 Å². The molecule has 4 fully saturated rings. The molecule has 1 unspecified atom stereocenters. The number of piperidine rings is 1. The number of hydrogen-bond donors (Lipinski definition) is 1. The second-order valence-corrected chi connectivity index (χ2v) is 8.02. The zero-order valence-electron chi connectivity index (χ0n) is 12.2. The van der Waals surface area contributed by atoms with Crippen LogP contribution in [0.3, 0.4) is 0 Å².